The van der Waals surface area contributed by atoms with Gasteiger partial charge in [-0.25, -0.2) is 0 Å². The molecule has 0 radical (unpaired) electrons. The van der Waals surface area contributed by atoms with Gasteiger partial charge in [0, 0.05) is 20.3 Å². The molecule has 0 bridgehead atoms. The Morgan fingerprint density at radius 3 is 2.12 bits per heavy atom. The number of hydrogen-bond donors (Lipinski definition) is 2. The second kappa shape index (κ2) is 14.5. The van der Waals surface area contributed by atoms with E-state index in [0.717, 1.165) is 13.0 Å². The van der Waals surface area contributed by atoms with E-state index in [1.807, 2.05) is 0 Å². The molecule has 0 aromatic carbocycles. The third-order valence-corrected chi connectivity index (χ3v) is 1.62. The lowest BCUT2D eigenvalue weighted by Crippen LogP contribution is -2.20. The molecule has 1 heterocycles. The van der Waals surface area contributed by atoms with E-state index in [1.54, 1.807) is 14.0 Å². The Hall–Kier alpha value is -0.490. The van der Waals surface area contributed by atoms with Gasteiger partial charge in [0.05, 0.1) is 0 Å². The molecule has 1 rings (SSSR count). The fourth-order valence-electron chi connectivity index (χ4n) is 0.897. The van der Waals surface area contributed by atoms with Crippen LogP contribution < -0.4 is 0 Å². The van der Waals surface area contributed by atoms with Crippen LogP contribution in [0.2, 0.25) is 0 Å². The molecule has 1 unspecified atom stereocenters. The number of ketones is 1. The fraction of sp³-hybridized carbons (Fsp3) is 0.909. The van der Waals surface area contributed by atoms with Crippen LogP contribution in [0.15, 0.2) is 0 Å². The van der Waals surface area contributed by atoms with Crippen molar-refractivity contribution in [1.82, 2.24) is 0 Å². The Kier molecular flexibility index (Phi) is 16.2. The van der Waals surface area contributed by atoms with Crippen molar-refractivity contribution in [2.75, 3.05) is 26.9 Å². The number of aliphatic hydroxyl groups excluding tert-OH is 2. The molecule has 5 nitrogen and oxygen atoms in total. The lowest BCUT2D eigenvalue weighted by atomic mass is 10.2. The maximum Gasteiger partial charge on any atom is 0.157 e. The first-order valence-electron chi connectivity index (χ1n) is 5.47. The lowest BCUT2D eigenvalue weighted by Gasteiger charge is -2.20. The highest BCUT2D eigenvalue weighted by atomic mass is 16.7. The van der Waals surface area contributed by atoms with Gasteiger partial charge in [0.2, 0.25) is 0 Å². The quantitative estimate of drug-likeness (QED) is 0.739. The third kappa shape index (κ3) is 16.0. The predicted octanol–water partition coefficient (Wildman–Crippen LogP) is 0.726. The van der Waals surface area contributed by atoms with Gasteiger partial charge in [0.1, 0.15) is 6.61 Å². The van der Waals surface area contributed by atoms with Crippen molar-refractivity contribution in [1.29, 1.82) is 0 Å². The summed E-state index contributed by atoms with van der Waals surface area (Å²) in [5.41, 5.74) is 0. The summed E-state index contributed by atoms with van der Waals surface area (Å²) in [6, 6.07) is 0. The molecule has 1 aliphatic heterocycles. The van der Waals surface area contributed by atoms with Crippen LogP contribution in [0.25, 0.3) is 0 Å². The molecule has 5 heteroatoms. The molecule has 1 fully saturated rings. The summed E-state index contributed by atoms with van der Waals surface area (Å²) in [5.74, 6) is -0.190. The molecule has 2 N–H and O–H groups in total. The number of aliphatic hydroxyl groups is 2. The van der Waals surface area contributed by atoms with Crippen molar-refractivity contribution < 1.29 is 24.5 Å². The van der Waals surface area contributed by atoms with Gasteiger partial charge in [0.15, 0.2) is 12.1 Å². The first kappa shape index (κ1) is 17.9. The molecule has 0 aromatic heterocycles. The summed E-state index contributed by atoms with van der Waals surface area (Å²) in [5, 5.41) is 15.4. The first-order valence-corrected chi connectivity index (χ1v) is 5.47. The van der Waals surface area contributed by atoms with E-state index in [0.29, 0.717) is 0 Å². The third-order valence-electron chi connectivity index (χ3n) is 1.62. The van der Waals surface area contributed by atoms with Crippen molar-refractivity contribution in [2.24, 2.45) is 0 Å². The molecule has 0 amide bonds. The predicted molar refractivity (Wildman–Crippen MR) is 61.1 cm³/mol. The number of hydrogen-bond acceptors (Lipinski definition) is 5. The zero-order chi connectivity index (χ0) is 12.8. The Labute approximate surface area is 97.4 Å². The van der Waals surface area contributed by atoms with E-state index in [4.69, 9.17) is 19.7 Å². The highest BCUT2D eigenvalue weighted by Gasteiger charge is 2.10. The molecule has 0 aliphatic carbocycles. The Morgan fingerprint density at radius 1 is 1.44 bits per heavy atom. The number of carbonyl (C=O) groups excluding carboxylic acids is 1. The highest BCUT2D eigenvalue weighted by molar-refractivity contribution is 5.76. The molecule has 1 saturated heterocycles. The Bertz CT molecular complexity index is 143. The topological polar surface area (TPSA) is 76.0 Å². The van der Waals surface area contributed by atoms with Crippen LogP contribution in [0, 0.1) is 0 Å². The number of ether oxygens (including phenoxy) is 2. The largest absolute Gasteiger partial charge is 0.397 e. The van der Waals surface area contributed by atoms with Gasteiger partial charge in [-0.15, -0.1) is 0 Å². The lowest BCUT2D eigenvalue weighted by molar-refractivity contribution is -0.145. The van der Waals surface area contributed by atoms with Gasteiger partial charge < -0.3 is 19.7 Å². The van der Waals surface area contributed by atoms with E-state index in [2.05, 4.69) is 0 Å². The summed E-state index contributed by atoms with van der Waals surface area (Å²) in [4.78, 5) is 9.56. The second-order valence-corrected chi connectivity index (χ2v) is 3.21. The van der Waals surface area contributed by atoms with Crippen LogP contribution in [0.1, 0.15) is 33.1 Å². The van der Waals surface area contributed by atoms with Gasteiger partial charge in [-0.1, -0.05) is 0 Å². The molecule has 1 aliphatic rings. The summed E-state index contributed by atoms with van der Waals surface area (Å²) in [7, 11) is 1.69. The second-order valence-electron chi connectivity index (χ2n) is 3.21. The summed E-state index contributed by atoms with van der Waals surface area (Å²) in [6.07, 6.45) is 3.60. The van der Waals surface area contributed by atoms with Gasteiger partial charge >= 0.3 is 0 Å². The first-order chi connectivity index (χ1) is 7.62. The van der Waals surface area contributed by atoms with Gasteiger partial charge in [-0.05, 0) is 33.1 Å². The molecule has 98 valence electrons. The van der Waals surface area contributed by atoms with Crippen molar-refractivity contribution in [2.45, 2.75) is 39.4 Å². The summed E-state index contributed by atoms with van der Waals surface area (Å²) in [6.45, 7) is 3.80. The molecule has 16 heavy (non-hydrogen) atoms. The van der Waals surface area contributed by atoms with Crippen molar-refractivity contribution in [3.63, 3.8) is 0 Å². The van der Waals surface area contributed by atoms with Crippen LogP contribution in [-0.4, -0.2) is 49.2 Å². The molecular weight excluding hydrogens is 212 g/mol. The van der Waals surface area contributed by atoms with Gasteiger partial charge in [0.25, 0.3) is 0 Å². The minimum absolute atomic E-state index is 0.0868. The SMILES string of the molecule is CC(=O)CO.CCO.COC1CCCCO1. The number of carbonyl (C=O) groups is 1. The van der Waals surface area contributed by atoms with Crippen LogP contribution in [-0.2, 0) is 14.3 Å². The van der Waals surface area contributed by atoms with Crippen LogP contribution in [0.3, 0.4) is 0 Å². The van der Waals surface area contributed by atoms with Crippen LogP contribution in [0.5, 0.6) is 0 Å². The monoisotopic (exact) mass is 236 g/mol. The van der Waals surface area contributed by atoms with E-state index in [-0.39, 0.29) is 25.3 Å². The molecule has 1 atom stereocenters. The number of Topliss-reactive ketones (excluding diaryl/α,β-unsaturated/α-hetero) is 1. The van der Waals surface area contributed by atoms with Crippen LogP contribution in [0.4, 0.5) is 0 Å². The normalized spacial score (nSPS) is 18.7. The van der Waals surface area contributed by atoms with Gasteiger partial charge in [-0.2, -0.15) is 0 Å². The van der Waals surface area contributed by atoms with Crippen molar-refractivity contribution in [3.05, 3.63) is 0 Å². The average Bonchev–Trinajstić information content (AvgIpc) is 2.32. The Morgan fingerprint density at radius 2 is 1.94 bits per heavy atom. The fourth-order valence-corrected chi connectivity index (χ4v) is 0.897. The molecule has 0 aromatic rings. The molecule has 0 spiro atoms. The summed E-state index contributed by atoms with van der Waals surface area (Å²) < 4.78 is 10.2. The highest BCUT2D eigenvalue weighted by Crippen LogP contribution is 2.11. The molecular formula is C11H24O5. The van der Waals surface area contributed by atoms with Crippen molar-refractivity contribution >= 4 is 5.78 Å². The number of rotatable bonds is 2. The minimum Gasteiger partial charge on any atom is -0.397 e. The summed E-state index contributed by atoms with van der Waals surface area (Å²) >= 11 is 0. The zero-order valence-electron chi connectivity index (χ0n) is 10.4. The molecule has 0 saturated carbocycles. The van der Waals surface area contributed by atoms with E-state index in [1.165, 1.54) is 19.8 Å². The maximum absolute atomic E-state index is 9.56. The van der Waals surface area contributed by atoms with Crippen molar-refractivity contribution in [3.8, 4) is 0 Å². The van der Waals surface area contributed by atoms with Gasteiger partial charge in [-0.3, -0.25) is 4.79 Å². The Balaban J connectivity index is 0. The number of methoxy groups -OCH3 is 1. The zero-order valence-corrected chi connectivity index (χ0v) is 10.4. The smallest absolute Gasteiger partial charge is 0.157 e. The maximum atomic E-state index is 9.56. The minimum atomic E-state index is -0.333. The standard InChI is InChI=1S/C6H12O2.C3H6O2.C2H6O/c1-7-6-4-2-3-5-8-6;1-3(5)2-4;1-2-3/h6H,2-5H2,1H3;4H,2H2,1H3;3H,2H2,1H3. The van der Waals surface area contributed by atoms with E-state index >= 15 is 0 Å². The van der Waals surface area contributed by atoms with E-state index in [9.17, 15) is 4.79 Å². The van der Waals surface area contributed by atoms with Crippen LogP contribution >= 0.6 is 0 Å². The van der Waals surface area contributed by atoms with E-state index < -0.39 is 0 Å². The average molecular weight is 236 g/mol.